The Kier molecular flexibility index (Phi) is 8.49. The van der Waals surface area contributed by atoms with Crippen molar-refractivity contribution < 1.29 is 14.3 Å². The Morgan fingerprint density at radius 2 is 1.64 bits per heavy atom. The highest BCUT2D eigenvalue weighted by Gasteiger charge is 2.18. The molecule has 28 heavy (non-hydrogen) atoms. The molecule has 4 nitrogen and oxygen atoms in total. The van der Waals surface area contributed by atoms with Crippen LogP contribution in [0.5, 0.6) is 11.5 Å². The Hall–Kier alpha value is -1.88. The minimum absolute atomic E-state index is 0.182. The third-order valence-electron chi connectivity index (χ3n) is 3.66. The lowest BCUT2D eigenvalue weighted by Gasteiger charge is -2.23. The van der Waals surface area contributed by atoms with Crippen LogP contribution in [0.2, 0.25) is 10.0 Å². The summed E-state index contributed by atoms with van der Waals surface area (Å²) in [4.78, 5) is 13.8. The molecule has 150 valence electrons. The Morgan fingerprint density at radius 1 is 1.04 bits per heavy atom. The molecular formula is C21H22Cl3NO3. The Bertz CT molecular complexity index is 814. The summed E-state index contributed by atoms with van der Waals surface area (Å²) in [6, 6.07) is 10.5. The van der Waals surface area contributed by atoms with Crippen molar-refractivity contribution in [3.63, 3.8) is 0 Å². The number of benzene rings is 2. The first-order valence-electron chi connectivity index (χ1n) is 8.69. The van der Waals surface area contributed by atoms with E-state index in [0.29, 0.717) is 58.4 Å². The highest BCUT2D eigenvalue weighted by atomic mass is 35.5. The molecule has 1 amide bonds. The van der Waals surface area contributed by atoms with Gasteiger partial charge < -0.3 is 9.47 Å². The normalized spacial score (nSPS) is 10.5. The van der Waals surface area contributed by atoms with E-state index in [1.165, 1.54) is 11.8 Å². The van der Waals surface area contributed by atoms with E-state index in [0.717, 1.165) is 5.57 Å². The van der Waals surface area contributed by atoms with Gasteiger partial charge >= 0.3 is 0 Å². The topological polar surface area (TPSA) is 38.8 Å². The molecule has 0 N–H and O–H groups in total. The van der Waals surface area contributed by atoms with Crippen LogP contribution in [-0.2, 0) is 4.79 Å². The van der Waals surface area contributed by atoms with Crippen LogP contribution in [0, 0.1) is 0 Å². The third kappa shape index (κ3) is 6.06. The summed E-state index contributed by atoms with van der Waals surface area (Å²) in [6.07, 6.45) is 0.676. The molecule has 0 saturated heterocycles. The standard InChI is InChI=1S/C21H22Cl3NO3/c1-14(2)13-28-18-7-5-16(6-8-18)25(15(3)26)17-11-19(23)21(20(24)12-17)27-10-4-9-22/h5-8,11-12H,1,4,9-10,13H2,2-3H3. The van der Waals surface area contributed by atoms with Crippen molar-refractivity contribution in [1.29, 1.82) is 0 Å². The van der Waals surface area contributed by atoms with Gasteiger partial charge in [-0.15, -0.1) is 11.6 Å². The van der Waals surface area contributed by atoms with Crippen LogP contribution in [0.4, 0.5) is 11.4 Å². The van der Waals surface area contributed by atoms with E-state index in [1.54, 1.807) is 36.4 Å². The average Bonchev–Trinajstić information content (AvgIpc) is 2.63. The molecule has 0 fully saturated rings. The molecule has 0 heterocycles. The van der Waals surface area contributed by atoms with Gasteiger partial charge in [0.15, 0.2) is 5.75 Å². The number of carbonyl (C=O) groups is 1. The molecule has 0 unspecified atom stereocenters. The number of nitrogens with zero attached hydrogens (tertiary/aromatic N) is 1. The quantitative estimate of drug-likeness (QED) is 0.248. The third-order valence-corrected chi connectivity index (χ3v) is 4.49. The van der Waals surface area contributed by atoms with Gasteiger partial charge in [-0.1, -0.05) is 29.8 Å². The first kappa shape index (κ1) is 22.4. The molecular weight excluding hydrogens is 421 g/mol. The molecule has 0 aliphatic carbocycles. The fraction of sp³-hybridized carbons (Fsp3) is 0.286. The van der Waals surface area contributed by atoms with Gasteiger partial charge in [-0.05, 0) is 55.3 Å². The average molecular weight is 443 g/mol. The van der Waals surface area contributed by atoms with Crippen LogP contribution in [0.25, 0.3) is 0 Å². The predicted molar refractivity (Wildman–Crippen MR) is 117 cm³/mol. The second-order valence-electron chi connectivity index (χ2n) is 6.22. The maximum Gasteiger partial charge on any atom is 0.228 e. The Labute approximate surface area is 180 Å². The molecule has 0 aliphatic rings. The maximum absolute atomic E-state index is 12.3. The largest absolute Gasteiger partial charge is 0.490 e. The van der Waals surface area contributed by atoms with Crippen LogP contribution >= 0.6 is 34.8 Å². The number of hydrogen-bond acceptors (Lipinski definition) is 3. The number of halogens is 3. The summed E-state index contributed by atoms with van der Waals surface area (Å²) in [7, 11) is 0. The molecule has 0 spiro atoms. The Morgan fingerprint density at radius 3 is 2.14 bits per heavy atom. The summed E-state index contributed by atoms with van der Waals surface area (Å²) in [5, 5.41) is 0.648. The van der Waals surface area contributed by atoms with E-state index in [4.69, 9.17) is 44.3 Å². The molecule has 2 aromatic carbocycles. The number of carbonyl (C=O) groups excluding carboxylic acids is 1. The van der Waals surface area contributed by atoms with Crippen LogP contribution < -0.4 is 14.4 Å². The molecule has 0 atom stereocenters. The van der Waals surface area contributed by atoms with Crippen LogP contribution in [0.3, 0.4) is 0 Å². The zero-order valence-corrected chi connectivity index (χ0v) is 18.1. The van der Waals surface area contributed by atoms with E-state index >= 15 is 0 Å². The van der Waals surface area contributed by atoms with E-state index in [9.17, 15) is 4.79 Å². The van der Waals surface area contributed by atoms with Crippen molar-refractivity contribution >= 4 is 52.1 Å². The highest BCUT2D eigenvalue weighted by molar-refractivity contribution is 6.37. The summed E-state index contributed by atoms with van der Waals surface area (Å²) >= 11 is 18.3. The minimum Gasteiger partial charge on any atom is -0.490 e. The number of rotatable bonds is 9. The van der Waals surface area contributed by atoms with E-state index in [1.807, 2.05) is 6.92 Å². The summed E-state index contributed by atoms with van der Waals surface area (Å²) in [5.74, 6) is 1.37. The minimum atomic E-state index is -0.182. The van der Waals surface area contributed by atoms with Crippen molar-refractivity contribution in [2.45, 2.75) is 20.3 Å². The summed E-state index contributed by atoms with van der Waals surface area (Å²) in [6.45, 7) is 8.01. The van der Waals surface area contributed by atoms with Crippen molar-refractivity contribution in [3.8, 4) is 11.5 Å². The van der Waals surface area contributed by atoms with E-state index in [-0.39, 0.29) is 5.91 Å². The van der Waals surface area contributed by atoms with E-state index in [2.05, 4.69) is 6.58 Å². The summed E-state index contributed by atoms with van der Waals surface area (Å²) in [5.41, 5.74) is 2.13. The molecule has 7 heteroatoms. The van der Waals surface area contributed by atoms with Gasteiger partial charge in [0.25, 0.3) is 0 Å². The maximum atomic E-state index is 12.3. The number of anilines is 2. The summed E-state index contributed by atoms with van der Waals surface area (Å²) < 4.78 is 11.2. The molecule has 2 rings (SSSR count). The SMILES string of the molecule is C=C(C)COc1ccc(N(C(C)=O)c2cc(Cl)c(OCCCCl)c(Cl)c2)cc1. The fourth-order valence-corrected chi connectivity index (χ4v) is 3.15. The molecule has 0 aromatic heterocycles. The lowest BCUT2D eigenvalue weighted by Crippen LogP contribution is -2.22. The van der Waals surface area contributed by atoms with Gasteiger partial charge in [-0.25, -0.2) is 0 Å². The van der Waals surface area contributed by atoms with Gasteiger partial charge in [-0.2, -0.15) is 0 Å². The predicted octanol–water partition coefficient (Wildman–Crippen LogP) is 6.64. The van der Waals surface area contributed by atoms with Gasteiger partial charge in [-0.3, -0.25) is 9.69 Å². The first-order valence-corrected chi connectivity index (χ1v) is 9.98. The van der Waals surface area contributed by atoms with Crippen molar-refractivity contribution in [3.05, 3.63) is 58.6 Å². The van der Waals surface area contributed by atoms with Gasteiger partial charge in [0, 0.05) is 18.5 Å². The molecule has 0 aliphatic heterocycles. The molecule has 0 bridgehead atoms. The van der Waals surface area contributed by atoms with Gasteiger partial charge in [0.05, 0.1) is 22.3 Å². The molecule has 0 radical (unpaired) electrons. The number of alkyl halides is 1. The number of hydrogen-bond donors (Lipinski definition) is 0. The monoisotopic (exact) mass is 441 g/mol. The van der Waals surface area contributed by atoms with Crippen molar-refractivity contribution in [2.75, 3.05) is 24.0 Å². The van der Waals surface area contributed by atoms with Crippen LogP contribution in [0.1, 0.15) is 20.3 Å². The van der Waals surface area contributed by atoms with E-state index < -0.39 is 0 Å². The Balaban J connectivity index is 2.28. The molecule has 0 saturated carbocycles. The van der Waals surface area contributed by atoms with Gasteiger partial charge in [0.2, 0.25) is 5.91 Å². The first-order chi connectivity index (χ1) is 13.3. The van der Waals surface area contributed by atoms with Crippen LogP contribution in [0.15, 0.2) is 48.6 Å². The second-order valence-corrected chi connectivity index (χ2v) is 7.42. The second kappa shape index (κ2) is 10.6. The zero-order valence-electron chi connectivity index (χ0n) is 15.8. The lowest BCUT2D eigenvalue weighted by atomic mass is 10.2. The highest BCUT2D eigenvalue weighted by Crippen LogP contribution is 2.39. The van der Waals surface area contributed by atoms with Crippen molar-refractivity contribution in [1.82, 2.24) is 0 Å². The van der Waals surface area contributed by atoms with Crippen molar-refractivity contribution in [2.24, 2.45) is 0 Å². The lowest BCUT2D eigenvalue weighted by molar-refractivity contribution is -0.115. The number of ether oxygens (including phenoxy) is 2. The fourth-order valence-electron chi connectivity index (χ4n) is 2.45. The van der Waals surface area contributed by atoms with Gasteiger partial charge in [0.1, 0.15) is 12.4 Å². The zero-order chi connectivity index (χ0) is 20.7. The molecule has 2 aromatic rings. The smallest absolute Gasteiger partial charge is 0.228 e. The number of amides is 1. The van der Waals surface area contributed by atoms with Crippen LogP contribution in [-0.4, -0.2) is 25.0 Å².